The number of likely N-dealkylation sites (tertiary alicyclic amines) is 1. The normalized spacial score (nSPS) is 25.1. The van der Waals surface area contributed by atoms with Gasteiger partial charge in [0, 0.05) is 40.1 Å². The van der Waals surface area contributed by atoms with Crippen molar-refractivity contribution in [2.75, 3.05) is 6.54 Å². The summed E-state index contributed by atoms with van der Waals surface area (Å²) in [6.07, 6.45) is 3.32. The number of phenols is 1. The van der Waals surface area contributed by atoms with Crippen molar-refractivity contribution in [3.05, 3.63) is 64.3 Å². The van der Waals surface area contributed by atoms with Crippen LogP contribution in [-0.2, 0) is 11.8 Å². The minimum Gasteiger partial charge on any atom is -0.508 e. The zero-order chi connectivity index (χ0) is 20.6. The first-order chi connectivity index (χ1) is 13.7. The van der Waals surface area contributed by atoms with Gasteiger partial charge in [0.2, 0.25) is 0 Å². The van der Waals surface area contributed by atoms with E-state index in [2.05, 4.69) is 31.8 Å². The number of piperidine rings is 1. The number of hydrogen-bond donors (Lipinski definition) is 2. The molecule has 2 aromatic carbocycles. The standard InChI is InChI=1S/C24H25ClN2O2/c1-23(2)21-12-16-18(5-4-6-20(16)28)24(23,3)9-10-27(21)22(29)17-13-26-19-8-7-14(25)11-15(17)19/h4-8,11,13,21,26,28H,9-10,12H2,1-3H3/t21?,24-/m0/s1. The van der Waals surface area contributed by atoms with Gasteiger partial charge in [-0.25, -0.2) is 0 Å². The van der Waals surface area contributed by atoms with Gasteiger partial charge in [-0.05, 0) is 53.6 Å². The molecule has 2 bridgehead atoms. The van der Waals surface area contributed by atoms with Crippen molar-refractivity contribution < 1.29 is 9.90 Å². The van der Waals surface area contributed by atoms with E-state index in [0.29, 0.717) is 29.3 Å². The predicted octanol–water partition coefficient (Wildman–Crippen LogP) is 5.28. The number of benzene rings is 2. The molecule has 1 fully saturated rings. The molecule has 1 unspecified atom stereocenters. The number of carbonyl (C=O) groups is 1. The largest absolute Gasteiger partial charge is 0.508 e. The number of carbonyl (C=O) groups excluding carboxylic acids is 1. The lowest BCUT2D eigenvalue weighted by Gasteiger charge is -2.60. The highest BCUT2D eigenvalue weighted by Gasteiger charge is 2.57. The minimum absolute atomic E-state index is 0.0127. The summed E-state index contributed by atoms with van der Waals surface area (Å²) in [4.78, 5) is 18.9. The zero-order valence-electron chi connectivity index (χ0n) is 16.9. The zero-order valence-corrected chi connectivity index (χ0v) is 17.7. The quantitative estimate of drug-likeness (QED) is 0.575. The number of aromatic hydroxyl groups is 1. The third-order valence-electron chi connectivity index (χ3n) is 7.76. The molecule has 0 spiro atoms. The molecule has 1 aliphatic carbocycles. The highest BCUT2D eigenvalue weighted by molar-refractivity contribution is 6.31. The molecule has 2 aliphatic rings. The monoisotopic (exact) mass is 408 g/mol. The summed E-state index contributed by atoms with van der Waals surface area (Å²) in [5.41, 5.74) is 3.56. The van der Waals surface area contributed by atoms with Crippen LogP contribution in [0.25, 0.3) is 10.9 Å². The maximum absolute atomic E-state index is 13.7. The fraction of sp³-hybridized carbons (Fsp3) is 0.375. The molecule has 1 aliphatic heterocycles. The van der Waals surface area contributed by atoms with E-state index >= 15 is 0 Å². The van der Waals surface area contributed by atoms with E-state index in [-0.39, 0.29) is 22.8 Å². The van der Waals surface area contributed by atoms with E-state index < -0.39 is 0 Å². The maximum atomic E-state index is 13.7. The molecule has 2 N–H and O–H groups in total. The Morgan fingerprint density at radius 2 is 2.03 bits per heavy atom. The van der Waals surface area contributed by atoms with Crippen LogP contribution in [0, 0.1) is 5.41 Å². The minimum atomic E-state index is -0.120. The number of nitrogens with one attached hydrogen (secondary N) is 1. The number of fused-ring (bicyclic) bond motifs is 5. The molecule has 29 heavy (non-hydrogen) atoms. The van der Waals surface area contributed by atoms with Crippen LogP contribution in [-0.4, -0.2) is 33.5 Å². The Bertz CT molecular complexity index is 1150. The van der Waals surface area contributed by atoms with Gasteiger partial charge in [0.15, 0.2) is 0 Å². The molecule has 4 nitrogen and oxygen atoms in total. The SMILES string of the molecule is CC1(C)C2Cc3c(O)cccc3[C@]1(C)CCN2C(=O)c1c[nH]c2ccc(Cl)cc12. The Kier molecular flexibility index (Phi) is 3.85. The molecule has 5 heteroatoms. The van der Waals surface area contributed by atoms with Crippen molar-refractivity contribution in [2.24, 2.45) is 5.41 Å². The van der Waals surface area contributed by atoms with Gasteiger partial charge in [-0.3, -0.25) is 4.79 Å². The number of aromatic amines is 1. The van der Waals surface area contributed by atoms with Gasteiger partial charge in [-0.1, -0.05) is 44.5 Å². The summed E-state index contributed by atoms with van der Waals surface area (Å²) in [6, 6.07) is 11.4. The number of amides is 1. The third-order valence-corrected chi connectivity index (χ3v) is 8.00. The van der Waals surface area contributed by atoms with Crippen molar-refractivity contribution in [2.45, 2.75) is 45.1 Å². The number of aromatic nitrogens is 1. The molecular weight excluding hydrogens is 384 g/mol. The lowest BCUT2D eigenvalue weighted by atomic mass is 9.51. The van der Waals surface area contributed by atoms with Gasteiger partial charge >= 0.3 is 0 Å². The number of nitrogens with zero attached hydrogens (tertiary/aromatic N) is 1. The van der Waals surface area contributed by atoms with Gasteiger partial charge in [0.1, 0.15) is 5.75 Å². The molecule has 1 amide bonds. The first-order valence-electron chi connectivity index (χ1n) is 10.1. The van der Waals surface area contributed by atoms with Gasteiger partial charge in [-0.2, -0.15) is 0 Å². The fourth-order valence-corrected chi connectivity index (χ4v) is 5.77. The van der Waals surface area contributed by atoms with Crippen LogP contribution >= 0.6 is 11.6 Å². The van der Waals surface area contributed by atoms with E-state index in [9.17, 15) is 9.90 Å². The van der Waals surface area contributed by atoms with Gasteiger partial charge in [0.25, 0.3) is 5.91 Å². The maximum Gasteiger partial charge on any atom is 0.256 e. The van der Waals surface area contributed by atoms with E-state index in [1.165, 1.54) is 5.56 Å². The smallest absolute Gasteiger partial charge is 0.256 e. The molecule has 0 radical (unpaired) electrons. The van der Waals surface area contributed by atoms with Crippen LogP contribution in [0.15, 0.2) is 42.6 Å². The number of halogens is 1. The van der Waals surface area contributed by atoms with Crippen LogP contribution in [0.4, 0.5) is 0 Å². The van der Waals surface area contributed by atoms with Crippen molar-refractivity contribution >= 4 is 28.4 Å². The molecule has 1 aromatic heterocycles. The Labute approximate surface area is 175 Å². The van der Waals surface area contributed by atoms with E-state index in [4.69, 9.17) is 11.6 Å². The highest BCUT2D eigenvalue weighted by atomic mass is 35.5. The molecule has 3 aromatic rings. The average Bonchev–Trinajstić information content (AvgIpc) is 3.08. The summed E-state index contributed by atoms with van der Waals surface area (Å²) < 4.78 is 0. The Morgan fingerprint density at radius 1 is 1.24 bits per heavy atom. The van der Waals surface area contributed by atoms with Crippen molar-refractivity contribution in [3.63, 3.8) is 0 Å². The number of rotatable bonds is 1. The van der Waals surface area contributed by atoms with Gasteiger partial charge in [-0.15, -0.1) is 0 Å². The Morgan fingerprint density at radius 3 is 2.83 bits per heavy atom. The van der Waals surface area contributed by atoms with Crippen LogP contribution in [0.3, 0.4) is 0 Å². The van der Waals surface area contributed by atoms with Crippen LogP contribution < -0.4 is 0 Å². The Balaban J connectivity index is 1.61. The first-order valence-corrected chi connectivity index (χ1v) is 10.5. The molecule has 0 saturated carbocycles. The van der Waals surface area contributed by atoms with Crippen LogP contribution in [0.2, 0.25) is 5.02 Å². The lowest BCUT2D eigenvalue weighted by molar-refractivity contribution is -0.0265. The van der Waals surface area contributed by atoms with Gasteiger partial charge in [0.05, 0.1) is 5.56 Å². The number of phenolic OH excluding ortho intramolecular Hbond substituents is 1. The van der Waals surface area contributed by atoms with E-state index in [1.807, 2.05) is 29.2 Å². The van der Waals surface area contributed by atoms with E-state index in [1.54, 1.807) is 12.3 Å². The van der Waals surface area contributed by atoms with E-state index in [0.717, 1.165) is 22.9 Å². The molecule has 150 valence electrons. The second-order valence-corrected chi connectivity index (χ2v) is 9.65. The number of H-pyrrole nitrogens is 1. The van der Waals surface area contributed by atoms with Gasteiger partial charge < -0.3 is 15.0 Å². The Hall–Kier alpha value is -2.46. The molecule has 5 rings (SSSR count). The number of hydrogen-bond acceptors (Lipinski definition) is 2. The molecular formula is C24H25ClN2O2. The highest BCUT2D eigenvalue weighted by Crippen LogP contribution is 2.57. The summed E-state index contributed by atoms with van der Waals surface area (Å²) in [5, 5.41) is 12.0. The molecule has 2 heterocycles. The summed E-state index contributed by atoms with van der Waals surface area (Å²) in [5.74, 6) is 0.361. The second-order valence-electron chi connectivity index (χ2n) is 9.22. The van der Waals surface area contributed by atoms with Crippen LogP contribution in [0.1, 0.15) is 48.7 Å². The molecule has 1 saturated heterocycles. The topological polar surface area (TPSA) is 56.3 Å². The second kappa shape index (κ2) is 6.02. The predicted molar refractivity (Wildman–Crippen MR) is 116 cm³/mol. The third kappa shape index (κ3) is 2.42. The van der Waals surface area contributed by atoms with Crippen molar-refractivity contribution in [1.82, 2.24) is 9.88 Å². The van der Waals surface area contributed by atoms with Crippen molar-refractivity contribution in [3.8, 4) is 5.75 Å². The van der Waals surface area contributed by atoms with Crippen molar-refractivity contribution in [1.29, 1.82) is 0 Å². The first kappa shape index (κ1) is 18.6. The lowest BCUT2D eigenvalue weighted by Crippen LogP contribution is -2.64. The fourth-order valence-electron chi connectivity index (χ4n) is 5.59. The molecule has 2 atom stereocenters. The summed E-state index contributed by atoms with van der Waals surface area (Å²) in [6.45, 7) is 7.50. The average molecular weight is 409 g/mol. The van der Waals surface area contributed by atoms with Crippen LogP contribution in [0.5, 0.6) is 5.75 Å². The summed E-state index contributed by atoms with van der Waals surface area (Å²) in [7, 11) is 0. The summed E-state index contributed by atoms with van der Waals surface area (Å²) >= 11 is 6.19.